The Labute approximate surface area is 243 Å². The third-order valence-corrected chi connectivity index (χ3v) is 8.01. The van der Waals surface area contributed by atoms with Gasteiger partial charge in [0.1, 0.15) is 6.04 Å². The SMILES string of the molecule is CCCNC(=O)[C@H](Cc1ccccc1)N(Cc1ccc(Cl)cc1)C(=O)CCCN(c1ccc(C)cc1)S(C)(=O)=O. The standard InChI is InChI=1S/C31H38ClN3O4S/c1-4-20-33-31(37)29(22-25-9-6-5-7-10-25)34(23-26-14-16-27(32)17-15-26)30(36)11-8-21-35(40(3,38)39)28-18-12-24(2)13-19-28/h5-7,9-10,12-19,29H,4,8,11,20-23H2,1-3H3,(H,33,37)/t29-/m0/s1. The molecule has 0 unspecified atom stereocenters. The zero-order valence-corrected chi connectivity index (χ0v) is 24.9. The molecule has 3 aromatic rings. The van der Waals surface area contributed by atoms with E-state index in [-0.39, 0.29) is 31.3 Å². The van der Waals surface area contributed by atoms with E-state index >= 15 is 0 Å². The lowest BCUT2D eigenvalue weighted by Gasteiger charge is -2.32. The number of sulfonamides is 1. The predicted molar refractivity (Wildman–Crippen MR) is 162 cm³/mol. The van der Waals surface area contributed by atoms with Gasteiger partial charge in [-0.05, 0) is 55.2 Å². The second-order valence-electron chi connectivity index (χ2n) is 9.92. The lowest BCUT2D eigenvalue weighted by Crippen LogP contribution is -2.50. The third-order valence-electron chi connectivity index (χ3n) is 6.56. The smallest absolute Gasteiger partial charge is 0.243 e. The molecule has 214 valence electrons. The Bertz CT molecular complexity index is 1350. The normalized spacial score (nSPS) is 12.0. The Morgan fingerprint density at radius 1 is 0.925 bits per heavy atom. The Morgan fingerprint density at radius 3 is 2.17 bits per heavy atom. The van der Waals surface area contributed by atoms with Gasteiger partial charge in [0.25, 0.3) is 0 Å². The molecule has 3 aromatic carbocycles. The highest BCUT2D eigenvalue weighted by atomic mass is 35.5. The molecule has 7 nitrogen and oxygen atoms in total. The van der Waals surface area contributed by atoms with Gasteiger partial charge in [-0.2, -0.15) is 0 Å². The van der Waals surface area contributed by atoms with E-state index in [9.17, 15) is 18.0 Å². The molecule has 0 aromatic heterocycles. The number of hydrogen-bond acceptors (Lipinski definition) is 4. The fraction of sp³-hybridized carbons (Fsp3) is 0.355. The summed E-state index contributed by atoms with van der Waals surface area (Å²) in [6.07, 6.45) is 2.67. The Balaban J connectivity index is 1.85. The third kappa shape index (κ3) is 9.38. The summed E-state index contributed by atoms with van der Waals surface area (Å²) in [4.78, 5) is 28.8. The number of anilines is 1. The number of rotatable bonds is 14. The van der Waals surface area contributed by atoms with Crippen molar-refractivity contribution in [3.8, 4) is 0 Å². The van der Waals surface area contributed by atoms with Gasteiger partial charge in [-0.15, -0.1) is 0 Å². The van der Waals surface area contributed by atoms with Crippen molar-refractivity contribution in [2.75, 3.05) is 23.7 Å². The zero-order chi connectivity index (χ0) is 29.1. The number of halogens is 1. The monoisotopic (exact) mass is 583 g/mol. The molecule has 0 heterocycles. The Kier molecular flexibility index (Phi) is 11.6. The number of nitrogens with zero attached hydrogens (tertiary/aromatic N) is 2. The molecule has 0 aliphatic heterocycles. The number of carbonyl (C=O) groups excluding carboxylic acids is 2. The molecule has 0 radical (unpaired) electrons. The number of benzene rings is 3. The van der Waals surface area contributed by atoms with Crippen LogP contribution in [-0.4, -0.2) is 50.5 Å². The summed E-state index contributed by atoms with van der Waals surface area (Å²) in [5.74, 6) is -0.440. The van der Waals surface area contributed by atoms with Gasteiger partial charge in [-0.25, -0.2) is 8.42 Å². The van der Waals surface area contributed by atoms with Gasteiger partial charge in [0, 0.05) is 37.5 Å². The molecule has 9 heteroatoms. The van der Waals surface area contributed by atoms with Gasteiger partial charge in [-0.3, -0.25) is 13.9 Å². The van der Waals surface area contributed by atoms with E-state index in [1.165, 1.54) is 4.31 Å². The first-order valence-electron chi connectivity index (χ1n) is 13.5. The summed E-state index contributed by atoms with van der Waals surface area (Å²) in [6, 6.07) is 23.3. The van der Waals surface area contributed by atoms with Crippen molar-refractivity contribution >= 4 is 39.1 Å². The molecule has 0 bridgehead atoms. The van der Waals surface area contributed by atoms with Crippen LogP contribution in [0.5, 0.6) is 0 Å². The molecule has 0 aliphatic carbocycles. The largest absolute Gasteiger partial charge is 0.354 e. The van der Waals surface area contributed by atoms with E-state index in [0.29, 0.717) is 30.1 Å². The highest BCUT2D eigenvalue weighted by molar-refractivity contribution is 7.92. The van der Waals surface area contributed by atoms with Crippen molar-refractivity contribution in [3.63, 3.8) is 0 Å². The van der Waals surface area contributed by atoms with Crippen LogP contribution < -0.4 is 9.62 Å². The number of aryl methyl sites for hydroxylation is 1. The van der Waals surface area contributed by atoms with Crippen molar-refractivity contribution in [1.82, 2.24) is 10.2 Å². The second-order valence-corrected chi connectivity index (χ2v) is 12.3. The van der Waals surface area contributed by atoms with Crippen LogP contribution in [0.25, 0.3) is 0 Å². The first-order chi connectivity index (χ1) is 19.1. The molecule has 2 amide bonds. The van der Waals surface area contributed by atoms with Crippen LogP contribution in [-0.2, 0) is 32.6 Å². The molecule has 0 saturated heterocycles. The van der Waals surface area contributed by atoms with Crippen LogP contribution in [0.1, 0.15) is 42.9 Å². The molecule has 0 aliphatic rings. The van der Waals surface area contributed by atoms with Crippen LogP contribution in [0.4, 0.5) is 5.69 Å². The first kappa shape index (κ1) is 31.2. The molecule has 0 saturated carbocycles. The van der Waals surface area contributed by atoms with E-state index < -0.39 is 16.1 Å². The van der Waals surface area contributed by atoms with E-state index in [1.54, 1.807) is 29.2 Å². The maximum absolute atomic E-state index is 13.8. The van der Waals surface area contributed by atoms with Crippen LogP contribution >= 0.6 is 11.6 Å². The summed E-state index contributed by atoms with van der Waals surface area (Å²) >= 11 is 6.08. The second kappa shape index (κ2) is 14.9. The molecule has 1 atom stereocenters. The Morgan fingerprint density at radius 2 is 1.57 bits per heavy atom. The summed E-state index contributed by atoms with van der Waals surface area (Å²) < 4.78 is 26.4. The van der Waals surface area contributed by atoms with Gasteiger partial charge in [0.2, 0.25) is 21.8 Å². The van der Waals surface area contributed by atoms with Crippen molar-refractivity contribution < 1.29 is 18.0 Å². The quantitative estimate of drug-likeness (QED) is 0.277. The van der Waals surface area contributed by atoms with Gasteiger partial charge < -0.3 is 10.2 Å². The maximum atomic E-state index is 13.8. The van der Waals surface area contributed by atoms with Gasteiger partial charge in [0.05, 0.1) is 11.9 Å². The predicted octanol–water partition coefficient (Wildman–Crippen LogP) is 5.36. The number of hydrogen-bond donors (Lipinski definition) is 1. The van der Waals surface area contributed by atoms with Crippen molar-refractivity contribution in [3.05, 3.63) is 101 Å². The molecular weight excluding hydrogens is 546 g/mol. The number of carbonyl (C=O) groups is 2. The summed E-state index contributed by atoms with van der Waals surface area (Å²) in [6.45, 7) is 4.79. The topological polar surface area (TPSA) is 86.8 Å². The average molecular weight is 584 g/mol. The van der Waals surface area contributed by atoms with Crippen LogP contribution in [0.3, 0.4) is 0 Å². The minimum atomic E-state index is -3.55. The van der Waals surface area contributed by atoms with E-state index in [0.717, 1.165) is 29.4 Å². The lowest BCUT2D eigenvalue weighted by molar-refractivity contribution is -0.141. The minimum absolute atomic E-state index is 0.0812. The highest BCUT2D eigenvalue weighted by Crippen LogP contribution is 2.21. The summed E-state index contributed by atoms with van der Waals surface area (Å²) in [5, 5.41) is 3.55. The van der Waals surface area contributed by atoms with Crippen LogP contribution in [0, 0.1) is 6.92 Å². The molecule has 0 fully saturated rings. The minimum Gasteiger partial charge on any atom is -0.354 e. The molecule has 0 spiro atoms. The van der Waals surface area contributed by atoms with Gasteiger partial charge in [0.15, 0.2) is 0 Å². The fourth-order valence-corrected chi connectivity index (χ4v) is 5.51. The Hall–Kier alpha value is -3.36. The average Bonchev–Trinajstić information content (AvgIpc) is 2.93. The number of amides is 2. The maximum Gasteiger partial charge on any atom is 0.243 e. The van der Waals surface area contributed by atoms with Crippen LogP contribution in [0.15, 0.2) is 78.9 Å². The summed E-state index contributed by atoms with van der Waals surface area (Å²) in [5.41, 5.74) is 3.36. The van der Waals surface area contributed by atoms with Crippen LogP contribution in [0.2, 0.25) is 5.02 Å². The van der Waals surface area contributed by atoms with E-state index in [4.69, 9.17) is 11.6 Å². The summed E-state index contributed by atoms with van der Waals surface area (Å²) in [7, 11) is -3.55. The fourth-order valence-electron chi connectivity index (χ4n) is 4.42. The molecule has 3 rings (SSSR count). The van der Waals surface area contributed by atoms with Gasteiger partial charge in [-0.1, -0.05) is 78.7 Å². The van der Waals surface area contributed by atoms with Crippen molar-refractivity contribution in [1.29, 1.82) is 0 Å². The van der Waals surface area contributed by atoms with Crippen molar-refractivity contribution in [2.24, 2.45) is 0 Å². The van der Waals surface area contributed by atoms with Crippen molar-refractivity contribution in [2.45, 2.75) is 52.1 Å². The van der Waals surface area contributed by atoms with E-state index in [1.807, 2.05) is 68.4 Å². The highest BCUT2D eigenvalue weighted by Gasteiger charge is 2.30. The lowest BCUT2D eigenvalue weighted by atomic mass is 10.0. The number of nitrogens with one attached hydrogen (secondary N) is 1. The van der Waals surface area contributed by atoms with E-state index in [2.05, 4.69) is 5.32 Å². The zero-order valence-electron chi connectivity index (χ0n) is 23.3. The molecule has 40 heavy (non-hydrogen) atoms. The first-order valence-corrected chi connectivity index (χ1v) is 15.7. The molecule has 1 N–H and O–H groups in total. The molecular formula is C31H38ClN3O4S. The van der Waals surface area contributed by atoms with Gasteiger partial charge >= 0.3 is 0 Å².